The molecule has 58 heavy (non-hydrogen) atoms. The Morgan fingerprint density at radius 2 is 1.66 bits per heavy atom. The lowest BCUT2D eigenvalue weighted by atomic mass is 9.93. The molecule has 0 saturated carbocycles. The highest BCUT2D eigenvalue weighted by Gasteiger charge is 2.34. The number of nitrogens with one attached hydrogen (secondary N) is 3. The van der Waals surface area contributed by atoms with Crippen LogP contribution >= 0.6 is 0 Å². The van der Waals surface area contributed by atoms with E-state index in [4.69, 9.17) is 23.7 Å². The summed E-state index contributed by atoms with van der Waals surface area (Å²) < 4.78 is 43.1. The van der Waals surface area contributed by atoms with E-state index in [2.05, 4.69) is 27.0 Å². The first-order valence-corrected chi connectivity index (χ1v) is 19.5. The largest absolute Gasteiger partial charge is 0.485 e. The van der Waals surface area contributed by atoms with E-state index in [0.717, 1.165) is 32.7 Å². The van der Waals surface area contributed by atoms with Gasteiger partial charge in [0.2, 0.25) is 0 Å². The molecule has 3 N–H and O–H groups in total. The molecular formula is C44H56FN5O8. The maximum atomic E-state index is 15.1. The number of pyridine rings is 1. The Hall–Kier alpha value is -5.47. The molecule has 14 heteroatoms. The zero-order valence-electron chi connectivity index (χ0n) is 35.1. The fourth-order valence-corrected chi connectivity index (χ4v) is 6.54. The van der Waals surface area contributed by atoms with Crippen LogP contribution in [0.3, 0.4) is 0 Å². The first-order chi connectivity index (χ1) is 27.3. The minimum atomic E-state index is -0.890. The summed E-state index contributed by atoms with van der Waals surface area (Å²) in [6.07, 6.45) is -0.466. The topological polar surface area (TPSA) is 150 Å². The summed E-state index contributed by atoms with van der Waals surface area (Å²) in [6, 6.07) is 16.4. The van der Waals surface area contributed by atoms with E-state index in [9.17, 15) is 14.4 Å². The Labute approximate surface area is 339 Å². The number of benzene rings is 3. The van der Waals surface area contributed by atoms with Crippen LogP contribution in [0.2, 0.25) is 0 Å². The molecule has 312 valence electrons. The fraction of sp³-hybridized carbons (Fsp3) is 0.455. The summed E-state index contributed by atoms with van der Waals surface area (Å²) in [5.74, 6) is -0.440. The highest BCUT2D eigenvalue weighted by Crippen LogP contribution is 2.33. The number of carbonyl (C=O) groups excluding carboxylic acids is 3. The third kappa shape index (κ3) is 11.6. The van der Waals surface area contributed by atoms with Crippen molar-refractivity contribution in [3.63, 3.8) is 0 Å². The second kappa shape index (κ2) is 18.4. The van der Waals surface area contributed by atoms with Crippen LogP contribution in [-0.2, 0) is 25.5 Å². The van der Waals surface area contributed by atoms with Crippen molar-refractivity contribution in [2.45, 2.75) is 105 Å². The smallest absolute Gasteiger partial charge is 0.425 e. The Balaban J connectivity index is 1.23. The average Bonchev–Trinajstić information content (AvgIpc) is 3.64. The lowest BCUT2D eigenvalue weighted by molar-refractivity contribution is 0.0429. The van der Waals surface area contributed by atoms with Crippen molar-refractivity contribution in [3.05, 3.63) is 88.9 Å². The van der Waals surface area contributed by atoms with Gasteiger partial charge in [0.25, 0.3) is 0 Å². The first-order valence-electron chi connectivity index (χ1n) is 19.5. The molecule has 1 fully saturated rings. The van der Waals surface area contributed by atoms with Crippen molar-refractivity contribution in [1.82, 2.24) is 10.3 Å². The molecule has 1 aromatic heterocycles. The van der Waals surface area contributed by atoms with E-state index in [0.29, 0.717) is 37.1 Å². The molecule has 3 atom stereocenters. The number of ether oxygens (including phenoxy) is 5. The molecule has 3 unspecified atom stereocenters. The third-order valence-electron chi connectivity index (χ3n) is 9.19. The van der Waals surface area contributed by atoms with Crippen LogP contribution in [0.15, 0.2) is 60.8 Å². The standard InChI is InChI=1S/C44H56FN5O8/c1-26-19-29(11-13-35(26)27(2)24-55-40(51)49-33-21-31(23-46-10)38(37(45)22-33)56-34-16-18-54-25-34)28(3)48-32-12-14-36-30(20-32)15-17-47-39(36)50(41(52)57-43(4,5)6)42(53)58-44(7,8)9/h11-15,17,19-22,27-28,34,46,48H,16,18,23-25H2,1-10H3,(H,49,51). The minimum Gasteiger partial charge on any atom is -0.485 e. The van der Waals surface area contributed by atoms with Gasteiger partial charge in [-0.2, -0.15) is 4.90 Å². The first kappa shape index (κ1) is 43.6. The molecule has 1 aliphatic heterocycles. The summed E-state index contributed by atoms with van der Waals surface area (Å²) in [7, 11) is 1.75. The van der Waals surface area contributed by atoms with E-state index in [1.165, 1.54) is 12.3 Å². The lowest BCUT2D eigenvalue weighted by Gasteiger charge is -2.28. The van der Waals surface area contributed by atoms with Gasteiger partial charge in [0.05, 0.1) is 19.8 Å². The number of aryl methyl sites for hydroxylation is 1. The van der Waals surface area contributed by atoms with E-state index in [1.54, 1.807) is 66.8 Å². The lowest BCUT2D eigenvalue weighted by Crippen LogP contribution is -2.44. The van der Waals surface area contributed by atoms with Crippen LogP contribution in [0.5, 0.6) is 5.75 Å². The second-order valence-corrected chi connectivity index (χ2v) is 16.6. The molecule has 1 aliphatic rings. The van der Waals surface area contributed by atoms with Crippen molar-refractivity contribution < 1.29 is 42.5 Å². The van der Waals surface area contributed by atoms with Crippen molar-refractivity contribution in [2.75, 3.05) is 42.4 Å². The number of imide groups is 1. The van der Waals surface area contributed by atoms with Crippen LogP contribution in [0.25, 0.3) is 10.8 Å². The quantitative estimate of drug-likeness (QED) is 0.118. The summed E-state index contributed by atoms with van der Waals surface area (Å²) in [5, 5.41) is 10.5. The molecule has 0 aliphatic carbocycles. The normalized spacial score (nSPS) is 15.3. The third-order valence-corrected chi connectivity index (χ3v) is 9.19. The van der Waals surface area contributed by atoms with Gasteiger partial charge < -0.3 is 34.3 Å². The van der Waals surface area contributed by atoms with Gasteiger partial charge in [-0.3, -0.25) is 5.32 Å². The number of halogens is 1. The molecule has 0 bridgehead atoms. The van der Waals surface area contributed by atoms with E-state index >= 15 is 4.39 Å². The minimum absolute atomic E-state index is 0.0969. The second-order valence-electron chi connectivity index (χ2n) is 16.6. The summed E-state index contributed by atoms with van der Waals surface area (Å²) in [6.45, 7) is 17.8. The van der Waals surface area contributed by atoms with Crippen LogP contribution in [-0.4, -0.2) is 67.4 Å². The van der Waals surface area contributed by atoms with Gasteiger partial charge in [0, 0.05) is 59.5 Å². The average molecular weight is 802 g/mol. The van der Waals surface area contributed by atoms with E-state index in [-0.39, 0.29) is 41.9 Å². The van der Waals surface area contributed by atoms with E-state index < -0.39 is 35.3 Å². The molecule has 13 nitrogen and oxygen atoms in total. The zero-order valence-corrected chi connectivity index (χ0v) is 35.1. The zero-order chi connectivity index (χ0) is 42.4. The van der Waals surface area contributed by atoms with Crippen LogP contribution in [0, 0.1) is 12.7 Å². The number of amides is 3. The van der Waals surface area contributed by atoms with Gasteiger partial charge in [0.1, 0.15) is 17.3 Å². The van der Waals surface area contributed by atoms with Gasteiger partial charge >= 0.3 is 18.3 Å². The molecule has 4 aromatic rings. The molecule has 2 heterocycles. The number of carbonyl (C=O) groups is 3. The monoisotopic (exact) mass is 801 g/mol. The number of hydrogen-bond acceptors (Lipinski definition) is 11. The number of nitrogens with zero attached hydrogens (tertiary/aromatic N) is 2. The highest BCUT2D eigenvalue weighted by atomic mass is 19.1. The molecule has 0 radical (unpaired) electrons. The van der Waals surface area contributed by atoms with Gasteiger partial charge in [0.15, 0.2) is 17.4 Å². The predicted octanol–water partition coefficient (Wildman–Crippen LogP) is 9.77. The van der Waals surface area contributed by atoms with Gasteiger partial charge in [-0.25, -0.2) is 23.8 Å². The number of rotatable bonds is 12. The fourth-order valence-electron chi connectivity index (χ4n) is 6.54. The molecule has 5 rings (SSSR count). The Morgan fingerprint density at radius 3 is 2.28 bits per heavy atom. The maximum absolute atomic E-state index is 15.1. The number of anilines is 3. The molecular weight excluding hydrogens is 746 g/mol. The van der Waals surface area contributed by atoms with E-state index in [1.807, 2.05) is 45.0 Å². The predicted molar refractivity (Wildman–Crippen MR) is 222 cm³/mol. The van der Waals surface area contributed by atoms with Crippen LogP contribution in [0.4, 0.5) is 36.0 Å². The van der Waals surface area contributed by atoms with Gasteiger partial charge in [-0.1, -0.05) is 25.1 Å². The summed E-state index contributed by atoms with van der Waals surface area (Å²) in [4.78, 5) is 44.7. The number of hydrogen-bond donors (Lipinski definition) is 3. The molecule has 3 amide bonds. The molecule has 1 saturated heterocycles. The Kier molecular flexibility index (Phi) is 13.9. The van der Waals surface area contributed by atoms with Crippen molar-refractivity contribution in [1.29, 1.82) is 0 Å². The van der Waals surface area contributed by atoms with Crippen LogP contribution in [0.1, 0.15) is 96.0 Å². The SMILES string of the molecule is CNCc1cc(NC(=O)OCC(C)c2ccc(C(C)Nc3ccc4c(N(C(=O)OC(C)(C)C)C(=O)OC(C)(C)C)nccc4c3)cc2C)cc(F)c1OC1CCOC1. The van der Waals surface area contributed by atoms with Crippen LogP contribution < -0.4 is 25.6 Å². The van der Waals surface area contributed by atoms with Crippen molar-refractivity contribution in [2.24, 2.45) is 0 Å². The molecule has 0 spiro atoms. The number of fused-ring (bicyclic) bond motifs is 1. The van der Waals surface area contributed by atoms with Gasteiger partial charge in [-0.05, 0) is 115 Å². The number of aromatic nitrogens is 1. The van der Waals surface area contributed by atoms with Gasteiger partial charge in [-0.15, -0.1) is 0 Å². The Morgan fingerprint density at radius 1 is 0.948 bits per heavy atom. The molecule has 3 aromatic carbocycles. The maximum Gasteiger partial charge on any atom is 0.425 e. The van der Waals surface area contributed by atoms with Crippen molar-refractivity contribution >= 4 is 46.2 Å². The highest BCUT2D eigenvalue weighted by molar-refractivity contribution is 6.14. The Bertz CT molecular complexity index is 2080. The summed E-state index contributed by atoms with van der Waals surface area (Å²) in [5.41, 5.74) is 3.03. The summed E-state index contributed by atoms with van der Waals surface area (Å²) >= 11 is 0. The van der Waals surface area contributed by atoms with Crippen molar-refractivity contribution in [3.8, 4) is 5.75 Å².